The van der Waals surface area contributed by atoms with Crippen molar-refractivity contribution in [1.82, 2.24) is 14.9 Å². The van der Waals surface area contributed by atoms with E-state index in [-0.39, 0.29) is 28.9 Å². The summed E-state index contributed by atoms with van der Waals surface area (Å²) in [7, 11) is 0. The molecule has 2 aromatic rings. The van der Waals surface area contributed by atoms with Crippen LogP contribution in [0.25, 0.3) is 0 Å². The average Bonchev–Trinajstić information content (AvgIpc) is 2.84. The minimum absolute atomic E-state index is 0.0231. The maximum Gasteiger partial charge on any atom is 0.430 e. The molecule has 2 heterocycles. The molecular formula is C24H28F4N4O5. The van der Waals surface area contributed by atoms with E-state index in [0.29, 0.717) is 38.2 Å². The van der Waals surface area contributed by atoms with Gasteiger partial charge in [0.1, 0.15) is 11.8 Å². The molecule has 9 nitrogen and oxygen atoms in total. The van der Waals surface area contributed by atoms with Crippen LogP contribution in [0.15, 0.2) is 23.0 Å². The van der Waals surface area contributed by atoms with Gasteiger partial charge in [-0.05, 0) is 31.5 Å². The number of carboxylic acids is 1. The monoisotopic (exact) mass is 528 g/mol. The van der Waals surface area contributed by atoms with Gasteiger partial charge in [0.25, 0.3) is 5.91 Å². The van der Waals surface area contributed by atoms with Gasteiger partial charge in [0.2, 0.25) is 11.6 Å². The molecule has 3 rings (SSSR count). The largest absolute Gasteiger partial charge is 0.542 e. The molecule has 37 heavy (non-hydrogen) atoms. The molecule has 1 aliphatic rings. The number of aliphatic carboxylic acids is 1. The fourth-order valence-electron chi connectivity index (χ4n) is 3.61. The molecule has 1 fully saturated rings. The second kappa shape index (κ2) is 12.0. The molecule has 2 amide bonds. The summed E-state index contributed by atoms with van der Waals surface area (Å²) in [5.41, 5.74) is 2.87. The van der Waals surface area contributed by atoms with Crippen LogP contribution in [-0.4, -0.2) is 65.0 Å². The lowest BCUT2D eigenvalue weighted by Gasteiger charge is -2.35. The molecule has 1 aliphatic heterocycles. The summed E-state index contributed by atoms with van der Waals surface area (Å²) < 4.78 is 46.0. The van der Waals surface area contributed by atoms with Gasteiger partial charge in [0.15, 0.2) is 0 Å². The van der Waals surface area contributed by atoms with Crippen LogP contribution >= 0.6 is 0 Å². The fraction of sp³-hybridized carbons (Fsp3) is 0.458. The number of nitrogens with zero attached hydrogens (tertiary/aromatic N) is 2. The van der Waals surface area contributed by atoms with Gasteiger partial charge in [-0.2, -0.15) is 13.2 Å². The molecule has 1 aromatic carbocycles. The number of rotatable bonds is 4. The first-order valence-electron chi connectivity index (χ1n) is 11.4. The highest BCUT2D eigenvalue weighted by molar-refractivity contribution is 5.95. The van der Waals surface area contributed by atoms with E-state index >= 15 is 0 Å². The van der Waals surface area contributed by atoms with Crippen molar-refractivity contribution in [2.45, 2.75) is 40.3 Å². The van der Waals surface area contributed by atoms with Crippen molar-refractivity contribution in [3.05, 3.63) is 62.3 Å². The van der Waals surface area contributed by atoms with Gasteiger partial charge in [0, 0.05) is 43.2 Å². The van der Waals surface area contributed by atoms with E-state index in [4.69, 9.17) is 9.90 Å². The van der Waals surface area contributed by atoms with Crippen LogP contribution in [0.5, 0.6) is 0 Å². The fourth-order valence-corrected chi connectivity index (χ4v) is 3.61. The number of aromatic amines is 2. The van der Waals surface area contributed by atoms with E-state index in [0.717, 1.165) is 16.8 Å². The molecule has 0 spiro atoms. The highest BCUT2D eigenvalue weighted by atomic mass is 19.4. The second-order valence-electron chi connectivity index (χ2n) is 8.86. The Morgan fingerprint density at radius 2 is 1.59 bits per heavy atom. The smallest absolute Gasteiger partial charge is 0.430 e. The Labute approximate surface area is 210 Å². The zero-order chi connectivity index (χ0) is 28.1. The first-order valence-corrected chi connectivity index (χ1v) is 11.4. The van der Waals surface area contributed by atoms with E-state index in [9.17, 15) is 31.9 Å². The zero-order valence-corrected chi connectivity index (χ0v) is 20.8. The molecule has 0 atom stereocenters. The maximum absolute atomic E-state index is 14.5. The Morgan fingerprint density at radius 3 is 2.11 bits per heavy atom. The lowest BCUT2D eigenvalue weighted by molar-refractivity contribution is -0.467. The Balaban J connectivity index is 0.000000604. The summed E-state index contributed by atoms with van der Waals surface area (Å²) in [5, 5.41) is 14.3. The summed E-state index contributed by atoms with van der Waals surface area (Å²) >= 11 is 0. The molecule has 0 unspecified atom stereocenters. The molecule has 13 heteroatoms. The second-order valence-corrected chi connectivity index (χ2v) is 8.86. The highest BCUT2D eigenvalue weighted by Gasteiger charge is 2.29. The number of nitrogens with one attached hydrogen (secondary N) is 2. The predicted octanol–water partition coefficient (Wildman–Crippen LogP) is 0.775. The number of carboxylic acid groups (broad SMARTS) is 1. The number of aromatic nitrogens is 2. The molecule has 0 bridgehead atoms. The third-order valence-electron chi connectivity index (χ3n) is 5.93. The molecule has 1 saturated heterocycles. The van der Waals surface area contributed by atoms with Crippen molar-refractivity contribution in [2.75, 3.05) is 26.2 Å². The third-order valence-corrected chi connectivity index (χ3v) is 5.93. The molecular weight excluding hydrogens is 500 g/mol. The maximum atomic E-state index is 14.5. The summed E-state index contributed by atoms with van der Waals surface area (Å²) in [4.78, 5) is 48.9. The SMILES string of the molecule is Cc1c(Cc2ccc(F)c(C(=O)N3CCN(C(=O)C(C)C)CC3)c2)[nH+][nH]c(=O)c1C.O=C([O-])C(F)(F)F. The minimum Gasteiger partial charge on any atom is -0.542 e. The van der Waals surface area contributed by atoms with Crippen LogP contribution in [-0.2, 0) is 16.0 Å². The number of amides is 2. The summed E-state index contributed by atoms with van der Waals surface area (Å²) in [6.07, 6.45) is -4.76. The lowest BCUT2D eigenvalue weighted by atomic mass is 10.0. The molecule has 0 radical (unpaired) electrons. The third kappa shape index (κ3) is 7.61. The Bertz CT molecular complexity index is 1220. The summed E-state index contributed by atoms with van der Waals surface area (Å²) in [6.45, 7) is 8.97. The van der Waals surface area contributed by atoms with Crippen LogP contribution in [0.3, 0.4) is 0 Å². The van der Waals surface area contributed by atoms with Crippen molar-refractivity contribution in [3.63, 3.8) is 0 Å². The number of piperazine rings is 1. The number of halogens is 4. The standard InChI is InChI=1S/C22H27FN4O3.C2HF3O2/c1-13(2)21(29)26-7-9-27(10-8-26)22(30)17-11-16(5-6-18(17)23)12-19-14(3)15(4)20(28)25-24-19;3-2(4,5)1(6)7/h5-6,11,13H,7-10,12H2,1-4H3,(H,25,28);(H,6,7). The molecule has 0 aliphatic carbocycles. The van der Waals surface area contributed by atoms with E-state index in [1.807, 2.05) is 20.8 Å². The van der Waals surface area contributed by atoms with Crippen LogP contribution in [0.1, 0.15) is 46.6 Å². The van der Waals surface area contributed by atoms with Crippen molar-refractivity contribution >= 4 is 17.8 Å². The number of benzene rings is 1. The first kappa shape index (κ1) is 29.5. The highest BCUT2D eigenvalue weighted by Crippen LogP contribution is 2.18. The van der Waals surface area contributed by atoms with Crippen molar-refractivity contribution in [2.24, 2.45) is 5.92 Å². The lowest BCUT2D eigenvalue weighted by Crippen LogP contribution is -2.51. The van der Waals surface area contributed by atoms with Gasteiger partial charge in [0.05, 0.1) is 12.0 Å². The normalized spacial score (nSPS) is 13.8. The molecule has 1 aromatic heterocycles. The summed E-state index contributed by atoms with van der Waals surface area (Å²) in [5.74, 6) is -3.96. The van der Waals surface area contributed by atoms with Gasteiger partial charge >= 0.3 is 11.7 Å². The topological polar surface area (TPSA) is 128 Å². The average molecular weight is 529 g/mol. The molecule has 0 saturated carbocycles. The quantitative estimate of drug-likeness (QED) is 0.587. The number of H-pyrrole nitrogens is 2. The number of hydrogen-bond donors (Lipinski definition) is 1. The summed E-state index contributed by atoms with van der Waals surface area (Å²) in [6, 6.07) is 4.51. The zero-order valence-electron chi connectivity index (χ0n) is 20.8. The predicted molar refractivity (Wildman–Crippen MR) is 121 cm³/mol. The Hall–Kier alpha value is -3.77. The van der Waals surface area contributed by atoms with E-state index in [1.165, 1.54) is 6.07 Å². The van der Waals surface area contributed by atoms with Gasteiger partial charge in [-0.15, -0.1) is 10.2 Å². The van der Waals surface area contributed by atoms with Crippen LogP contribution < -0.4 is 15.8 Å². The van der Waals surface area contributed by atoms with E-state index < -0.39 is 18.0 Å². The van der Waals surface area contributed by atoms with Crippen molar-refractivity contribution in [3.8, 4) is 0 Å². The van der Waals surface area contributed by atoms with Crippen LogP contribution in [0.4, 0.5) is 17.6 Å². The van der Waals surface area contributed by atoms with Crippen molar-refractivity contribution < 1.29 is 42.2 Å². The molecule has 202 valence electrons. The Morgan fingerprint density at radius 1 is 1.05 bits per heavy atom. The van der Waals surface area contributed by atoms with Crippen LogP contribution in [0.2, 0.25) is 0 Å². The van der Waals surface area contributed by atoms with Gasteiger partial charge in [-0.3, -0.25) is 14.4 Å². The van der Waals surface area contributed by atoms with Crippen molar-refractivity contribution in [1.29, 1.82) is 0 Å². The van der Waals surface area contributed by atoms with Crippen LogP contribution in [0, 0.1) is 25.6 Å². The number of alkyl halides is 3. The van der Waals surface area contributed by atoms with E-state index in [1.54, 1.807) is 28.9 Å². The first-order chi connectivity index (χ1) is 17.1. The van der Waals surface area contributed by atoms with E-state index in [2.05, 4.69) is 10.2 Å². The minimum atomic E-state index is -5.19. The van der Waals surface area contributed by atoms with Gasteiger partial charge in [-0.25, -0.2) is 4.39 Å². The number of carbonyl (C=O) groups is 3. The molecule has 2 N–H and O–H groups in total. The number of hydrogen-bond acceptors (Lipinski definition) is 5. The number of carbonyl (C=O) groups excluding carboxylic acids is 3. The van der Waals surface area contributed by atoms with Gasteiger partial charge in [-0.1, -0.05) is 19.9 Å². The Kier molecular flexibility index (Phi) is 9.54. The van der Waals surface area contributed by atoms with Gasteiger partial charge < -0.3 is 19.7 Å².